The summed E-state index contributed by atoms with van der Waals surface area (Å²) >= 11 is 0. The van der Waals surface area contributed by atoms with E-state index in [1.54, 1.807) is 36.7 Å². The molecule has 4 aromatic rings. The molecule has 2 N–H and O–H groups in total. The lowest BCUT2D eigenvalue weighted by Gasteiger charge is -2.17. The molecule has 0 radical (unpaired) electrons. The van der Waals surface area contributed by atoms with Gasteiger partial charge in [-0.25, -0.2) is 0 Å². The molecule has 2 unspecified atom stereocenters. The molecule has 0 saturated carbocycles. The summed E-state index contributed by atoms with van der Waals surface area (Å²) < 4.78 is 57.2. The van der Waals surface area contributed by atoms with Gasteiger partial charge in [-0.1, -0.05) is 12.1 Å². The van der Waals surface area contributed by atoms with E-state index in [9.17, 15) is 10.2 Å². The maximum atomic E-state index is 11.3. The molecule has 2 aromatic heterocycles. The molecule has 0 saturated heterocycles. The van der Waals surface area contributed by atoms with Gasteiger partial charge in [0.05, 0.1) is 103 Å². The van der Waals surface area contributed by atoms with Crippen LogP contribution in [-0.2, 0) is 41.3 Å². The monoisotopic (exact) mass is 776 g/mol. The van der Waals surface area contributed by atoms with Gasteiger partial charge >= 0.3 is 0 Å². The SMILES string of the molecule is OC(Cc1ccnc(-c2cc(CC(O)c3ccc4c(c3)OCCOCCOCCOCCO4)ccn2)c1)c1ccc2c(c1)OCCOCCOCCOCCO2. The quantitative estimate of drug-likeness (QED) is 0.273. The van der Waals surface area contributed by atoms with E-state index >= 15 is 0 Å². The smallest absolute Gasteiger partial charge is 0.161 e. The number of fused-ring (bicyclic) bond motifs is 2. The second kappa shape index (κ2) is 23.0. The fraction of sp³-hybridized carbons (Fsp3) is 0.476. The predicted octanol–water partition coefficient (Wildman–Crippen LogP) is 4.34. The summed E-state index contributed by atoms with van der Waals surface area (Å²) in [4.78, 5) is 9.15. The molecule has 302 valence electrons. The number of aliphatic hydroxyl groups is 2. The van der Waals surface area contributed by atoms with Crippen LogP contribution in [0, 0.1) is 0 Å². The van der Waals surface area contributed by atoms with Gasteiger partial charge in [0.1, 0.15) is 26.4 Å². The zero-order valence-electron chi connectivity index (χ0n) is 31.7. The van der Waals surface area contributed by atoms with Crippen molar-refractivity contribution in [2.75, 3.05) is 106 Å². The maximum Gasteiger partial charge on any atom is 0.161 e. The lowest BCUT2D eigenvalue weighted by atomic mass is 9.99. The number of aliphatic hydroxyl groups excluding tert-OH is 2. The lowest BCUT2D eigenvalue weighted by molar-refractivity contribution is 0.00708. The van der Waals surface area contributed by atoms with Crippen LogP contribution in [0.15, 0.2) is 73.1 Å². The summed E-state index contributed by atoms with van der Waals surface area (Å²) in [6.45, 7) is 6.82. The number of aromatic nitrogens is 2. The predicted molar refractivity (Wildman–Crippen MR) is 205 cm³/mol. The minimum Gasteiger partial charge on any atom is -0.487 e. The average molecular weight is 777 g/mol. The molecule has 14 nitrogen and oxygen atoms in total. The fourth-order valence-corrected chi connectivity index (χ4v) is 6.02. The summed E-state index contributed by atoms with van der Waals surface area (Å²) in [6, 6.07) is 18.5. The molecule has 0 spiro atoms. The fourth-order valence-electron chi connectivity index (χ4n) is 6.02. The van der Waals surface area contributed by atoms with Crippen LogP contribution >= 0.6 is 0 Å². The van der Waals surface area contributed by atoms with Gasteiger partial charge in [0.15, 0.2) is 23.0 Å². The van der Waals surface area contributed by atoms with Gasteiger partial charge in [0.2, 0.25) is 0 Å². The Bertz CT molecular complexity index is 1630. The highest BCUT2D eigenvalue weighted by Crippen LogP contribution is 2.34. The van der Waals surface area contributed by atoms with Crippen LogP contribution in [0.5, 0.6) is 23.0 Å². The van der Waals surface area contributed by atoms with Crippen LogP contribution in [0.2, 0.25) is 0 Å². The van der Waals surface area contributed by atoms with E-state index in [-0.39, 0.29) is 0 Å². The van der Waals surface area contributed by atoms with E-state index in [1.807, 2.05) is 36.4 Å². The minimum absolute atomic E-state index is 0.322. The first-order valence-corrected chi connectivity index (χ1v) is 19.1. The summed E-state index contributed by atoms with van der Waals surface area (Å²) in [5.74, 6) is 2.18. The highest BCUT2D eigenvalue weighted by atomic mass is 16.6. The van der Waals surface area contributed by atoms with Crippen LogP contribution in [0.1, 0.15) is 34.5 Å². The summed E-state index contributed by atoms with van der Waals surface area (Å²) in [7, 11) is 0. The second-order valence-electron chi connectivity index (χ2n) is 13.0. The maximum absolute atomic E-state index is 11.3. The van der Waals surface area contributed by atoms with E-state index in [4.69, 9.17) is 47.4 Å². The average Bonchev–Trinajstić information content (AvgIpc) is 3.23. The Hall–Kier alpha value is -4.38. The van der Waals surface area contributed by atoms with Crippen molar-refractivity contribution in [3.63, 3.8) is 0 Å². The highest BCUT2D eigenvalue weighted by Gasteiger charge is 2.17. The van der Waals surface area contributed by atoms with Crippen molar-refractivity contribution in [2.24, 2.45) is 0 Å². The molecule has 0 amide bonds. The molecular weight excluding hydrogens is 724 g/mol. The molecule has 4 heterocycles. The van der Waals surface area contributed by atoms with Crippen LogP contribution in [0.3, 0.4) is 0 Å². The van der Waals surface area contributed by atoms with Crippen molar-refractivity contribution in [3.05, 3.63) is 95.3 Å². The first kappa shape index (κ1) is 41.3. The van der Waals surface area contributed by atoms with E-state index in [0.717, 1.165) is 11.1 Å². The van der Waals surface area contributed by atoms with E-state index < -0.39 is 12.2 Å². The molecule has 14 heteroatoms. The summed E-state index contributed by atoms with van der Waals surface area (Å²) in [6.07, 6.45) is 2.45. The van der Waals surface area contributed by atoms with Crippen LogP contribution < -0.4 is 18.9 Å². The second-order valence-corrected chi connectivity index (χ2v) is 13.0. The van der Waals surface area contributed by atoms with Gasteiger partial charge in [0.25, 0.3) is 0 Å². The number of ether oxygens (including phenoxy) is 10. The Morgan fingerprint density at radius 2 is 0.714 bits per heavy atom. The minimum atomic E-state index is -0.821. The largest absolute Gasteiger partial charge is 0.487 e. The highest BCUT2D eigenvalue weighted by molar-refractivity contribution is 5.56. The number of nitrogens with zero attached hydrogens (tertiary/aromatic N) is 2. The Morgan fingerprint density at radius 3 is 1.07 bits per heavy atom. The van der Waals surface area contributed by atoms with Crippen molar-refractivity contribution >= 4 is 0 Å². The Labute approximate surface area is 327 Å². The normalized spacial score (nSPS) is 18.2. The number of benzene rings is 2. The molecule has 0 bridgehead atoms. The molecule has 56 heavy (non-hydrogen) atoms. The van der Waals surface area contributed by atoms with Crippen molar-refractivity contribution in [1.82, 2.24) is 9.97 Å². The zero-order valence-corrected chi connectivity index (χ0v) is 31.7. The van der Waals surface area contributed by atoms with E-state index in [2.05, 4.69) is 9.97 Å². The number of pyridine rings is 2. The lowest BCUT2D eigenvalue weighted by Crippen LogP contribution is -2.13. The van der Waals surface area contributed by atoms with Gasteiger partial charge in [-0.2, -0.15) is 0 Å². The molecule has 0 aliphatic carbocycles. The first-order valence-electron chi connectivity index (χ1n) is 19.1. The third-order valence-electron chi connectivity index (χ3n) is 8.90. The summed E-state index contributed by atoms with van der Waals surface area (Å²) in [5, 5.41) is 22.7. The van der Waals surface area contributed by atoms with Crippen molar-refractivity contribution in [2.45, 2.75) is 25.0 Å². The molecule has 2 aromatic carbocycles. The number of hydrogen-bond acceptors (Lipinski definition) is 14. The van der Waals surface area contributed by atoms with E-state index in [1.165, 1.54) is 0 Å². The van der Waals surface area contributed by atoms with Crippen LogP contribution in [-0.4, -0.2) is 126 Å². The Balaban J connectivity index is 1.09. The molecule has 2 atom stereocenters. The van der Waals surface area contributed by atoms with Crippen LogP contribution in [0.4, 0.5) is 0 Å². The number of rotatable bonds is 7. The molecule has 0 fully saturated rings. The molecule has 2 aliphatic rings. The standard InChI is InChI=1S/C42H52N2O12/c45-37(33-1-3-39-41(29-33)55-23-19-51-15-11-47-9-13-49-17-21-53-39)27-31-5-7-43-35(25-31)36-26-32(6-8-44-36)28-38(46)34-2-4-40-42(30-34)56-24-20-52-16-12-48-10-14-50-18-22-54-40/h1-8,25-26,29-30,37-38,45-46H,9-24,27-28H2. The summed E-state index contributed by atoms with van der Waals surface area (Å²) in [5.41, 5.74) is 4.43. The first-order chi connectivity index (χ1) is 27.6. The molecule has 6 rings (SSSR count). The van der Waals surface area contributed by atoms with Gasteiger partial charge in [-0.05, 0) is 70.8 Å². The van der Waals surface area contributed by atoms with Gasteiger partial charge in [-0.15, -0.1) is 0 Å². The van der Waals surface area contributed by atoms with Gasteiger partial charge < -0.3 is 57.6 Å². The van der Waals surface area contributed by atoms with Gasteiger partial charge in [0, 0.05) is 25.2 Å². The van der Waals surface area contributed by atoms with Crippen molar-refractivity contribution in [1.29, 1.82) is 0 Å². The van der Waals surface area contributed by atoms with E-state index in [0.29, 0.717) is 164 Å². The zero-order chi connectivity index (χ0) is 38.6. The topological polar surface area (TPSA) is 159 Å². The van der Waals surface area contributed by atoms with Crippen LogP contribution in [0.25, 0.3) is 11.4 Å². The third-order valence-corrected chi connectivity index (χ3v) is 8.90. The Morgan fingerprint density at radius 1 is 0.393 bits per heavy atom. The third kappa shape index (κ3) is 13.4. The van der Waals surface area contributed by atoms with Crippen molar-refractivity contribution in [3.8, 4) is 34.4 Å². The molecule has 2 aliphatic heterocycles. The number of hydrogen-bond donors (Lipinski definition) is 2. The van der Waals surface area contributed by atoms with Gasteiger partial charge in [-0.3, -0.25) is 9.97 Å². The van der Waals surface area contributed by atoms with Crippen molar-refractivity contribution < 1.29 is 57.6 Å². The Kier molecular flexibility index (Phi) is 16.9. The molecular formula is C42H52N2O12.